The third-order valence-electron chi connectivity index (χ3n) is 3.80. The molecule has 136 valence electrons. The minimum atomic E-state index is -3.78. The Bertz CT molecular complexity index is 1010. The molecule has 3 rings (SSSR count). The van der Waals surface area contributed by atoms with Gasteiger partial charge in [0.15, 0.2) is 0 Å². The average molecular weight is 434 g/mol. The maximum absolute atomic E-state index is 13.0. The summed E-state index contributed by atoms with van der Waals surface area (Å²) in [5.74, 6) is 0. The molecule has 0 atom stereocenters. The van der Waals surface area contributed by atoms with E-state index in [4.69, 9.17) is 0 Å². The molecule has 0 spiro atoms. The van der Waals surface area contributed by atoms with Crippen molar-refractivity contribution in [3.05, 3.63) is 71.0 Å². The van der Waals surface area contributed by atoms with Gasteiger partial charge < -0.3 is 0 Å². The number of benzene rings is 2. The van der Waals surface area contributed by atoms with Gasteiger partial charge in [-0.05, 0) is 36.4 Å². The zero-order valence-corrected chi connectivity index (χ0v) is 17.2. The van der Waals surface area contributed by atoms with E-state index in [-0.39, 0.29) is 4.90 Å². The predicted molar refractivity (Wildman–Crippen MR) is 107 cm³/mol. The van der Waals surface area contributed by atoms with E-state index in [9.17, 15) is 8.42 Å². The van der Waals surface area contributed by atoms with Crippen LogP contribution in [0.1, 0.15) is 26.5 Å². The Morgan fingerprint density at radius 2 is 1.62 bits per heavy atom. The number of nitrogens with zero attached hydrogens (tertiary/aromatic N) is 2. The Balaban J connectivity index is 2.07. The Kier molecular flexibility index (Phi) is 4.94. The van der Waals surface area contributed by atoms with Crippen LogP contribution in [0, 0.1) is 0 Å². The molecule has 0 radical (unpaired) electrons. The minimum Gasteiger partial charge on any atom is -0.280 e. The fraction of sp³-hybridized carbons (Fsp3) is 0.211. The van der Waals surface area contributed by atoms with Gasteiger partial charge in [0, 0.05) is 15.6 Å². The first-order valence-electron chi connectivity index (χ1n) is 8.11. The van der Waals surface area contributed by atoms with Gasteiger partial charge in [-0.3, -0.25) is 4.72 Å². The first-order valence-corrected chi connectivity index (χ1v) is 10.4. The van der Waals surface area contributed by atoms with Gasteiger partial charge in [0.05, 0.1) is 17.6 Å². The van der Waals surface area contributed by atoms with Gasteiger partial charge in [-0.2, -0.15) is 5.10 Å². The Hall–Kier alpha value is -2.12. The van der Waals surface area contributed by atoms with Crippen molar-refractivity contribution in [3.63, 3.8) is 0 Å². The number of nitrogens with one attached hydrogen (secondary N) is 1. The Morgan fingerprint density at radius 3 is 2.19 bits per heavy atom. The van der Waals surface area contributed by atoms with Crippen molar-refractivity contribution < 1.29 is 8.42 Å². The summed E-state index contributed by atoms with van der Waals surface area (Å²) in [4.78, 5) is 0.178. The Labute approximate surface area is 162 Å². The lowest BCUT2D eigenvalue weighted by atomic mass is 9.92. The second-order valence-corrected chi connectivity index (χ2v) is 9.55. The van der Waals surface area contributed by atoms with Crippen LogP contribution in [0.4, 0.5) is 5.69 Å². The van der Waals surface area contributed by atoms with Gasteiger partial charge in [-0.15, -0.1) is 0 Å². The van der Waals surface area contributed by atoms with Crippen LogP contribution in [0.25, 0.3) is 5.69 Å². The first kappa shape index (κ1) is 18.7. The highest BCUT2D eigenvalue weighted by atomic mass is 79.9. The minimum absolute atomic E-state index is 0.178. The molecule has 0 aliphatic rings. The summed E-state index contributed by atoms with van der Waals surface area (Å²) in [5, 5.41) is 4.56. The number of rotatable bonds is 4. The highest BCUT2D eigenvalue weighted by Gasteiger charge is 2.30. The number of anilines is 1. The summed E-state index contributed by atoms with van der Waals surface area (Å²) < 4.78 is 31.2. The highest BCUT2D eigenvalue weighted by Crippen LogP contribution is 2.30. The zero-order valence-electron chi connectivity index (χ0n) is 14.8. The van der Waals surface area contributed by atoms with E-state index in [2.05, 4.69) is 25.8 Å². The van der Waals surface area contributed by atoms with Crippen molar-refractivity contribution in [2.45, 2.75) is 31.1 Å². The largest absolute Gasteiger partial charge is 0.280 e. The number of hydrogen-bond acceptors (Lipinski definition) is 3. The number of aromatic nitrogens is 2. The second kappa shape index (κ2) is 6.89. The van der Waals surface area contributed by atoms with Crippen LogP contribution in [0.15, 0.2) is 70.2 Å². The number of sulfonamides is 1. The summed E-state index contributed by atoms with van der Waals surface area (Å²) in [5.41, 5.74) is 1.40. The molecule has 2 aromatic carbocycles. The fourth-order valence-electron chi connectivity index (χ4n) is 2.52. The van der Waals surface area contributed by atoms with E-state index in [0.29, 0.717) is 11.4 Å². The van der Waals surface area contributed by atoms with E-state index in [1.54, 1.807) is 35.1 Å². The van der Waals surface area contributed by atoms with Gasteiger partial charge in [-0.25, -0.2) is 13.1 Å². The molecule has 3 aromatic rings. The number of hydrogen-bond donors (Lipinski definition) is 1. The molecule has 1 aromatic heterocycles. The lowest BCUT2D eigenvalue weighted by Gasteiger charge is -2.17. The molecule has 0 aliphatic heterocycles. The van der Waals surface area contributed by atoms with Gasteiger partial charge in [0.2, 0.25) is 0 Å². The van der Waals surface area contributed by atoms with E-state index >= 15 is 0 Å². The van der Waals surface area contributed by atoms with Crippen molar-refractivity contribution in [2.75, 3.05) is 4.72 Å². The quantitative estimate of drug-likeness (QED) is 0.646. The maximum Gasteiger partial charge on any atom is 0.265 e. The van der Waals surface area contributed by atoms with Gasteiger partial charge in [0.1, 0.15) is 4.90 Å². The first-order chi connectivity index (χ1) is 12.2. The molecule has 5 nitrogen and oxygen atoms in total. The molecule has 0 fully saturated rings. The van der Waals surface area contributed by atoms with Crippen molar-refractivity contribution in [2.24, 2.45) is 0 Å². The normalized spacial score (nSPS) is 12.2. The van der Waals surface area contributed by atoms with Crippen molar-refractivity contribution in [1.29, 1.82) is 0 Å². The Morgan fingerprint density at radius 1 is 1.00 bits per heavy atom. The number of para-hydroxylation sites is 1. The van der Waals surface area contributed by atoms with E-state index in [1.165, 1.54) is 0 Å². The van der Waals surface area contributed by atoms with Crippen molar-refractivity contribution in [1.82, 2.24) is 9.78 Å². The van der Waals surface area contributed by atoms with Gasteiger partial charge in [0.25, 0.3) is 10.0 Å². The van der Waals surface area contributed by atoms with Crippen LogP contribution in [0.5, 0.6) is 0 Å². The topological polar surface area (TPSA) is 64.0 Å². The third kappa shape index (κ3) is 3.99. The molecule has 7 heteroatoms. The molecule has 26 heavy (non-hydrogen) atoms. The molecule has 0 amide bonds. The summed E-state index contributed by atoms with van der Waals surface area (Å²) >= 11 is 3.35. The van der Waals surface area contributed by atoms with Crippen LogP contribution < -0.4 is 4.72 Å². The molecule has 0 saturated carbocycles. The predicted octanol–water partition coefficient (Wildman–Crippen LogP) is 4.73. The van der Waals surface area contributed by atoms with E-state index in [0.717, 1.165) is 10.2 Å². The van der Waals surface area contributed by atoms with Crippen molar-refractivity contribution in [3.8, 4) is 5.69 Å². The molecule has 1 N–H and O–H groups in total. The summed E-state index contributed by atoms with van der Waals surface area (Å²) in [6.07, 6.45) is 1.57. The third-order valence-corrected chi connectivity index (χ3v) is 5.71. The number of halogens is 1. The average Bonchev–Trinajstić information content (AvgIpc) is 3.04. The molecule has 1 heterocycles. The van der Waals surface area contributed by atoms with E-state index < -0.39 is 15.4 Å². The van der Waals surface area contributed by atoms with Crippen molar-refractivity contribution >= 4 is 31.6 Å². The van der Waals surface area contributed by atoms with Crippen LogP contribution in [0.2, 0.25) is 0 Å². The monoisotopic (exact) mass is 433 g/mol. The van der Waals surface area contributed by atoms with Crippen LogP contribution in [-0.4, -0.2) is 18.2 Å². The molecule has 0 bridgehead atoms. The molecule has 0 aliphatic carbocycles. The SMILES string of the molecule is CC(C)(C)c1nn(-c2ccccc2)cc1S(=O)(=O)Nc1ccc(Br)cc1. The fourth-order valence-corrected chi connectivity index (χ4v) is 4.18. The molecular weight excluding hydrogens is 414 g/mol. The van der Waals surface area contributed by atoms with Gasteiger partial charge >= 0.3 is 0 Å². The molecular formula is C19H20BrN3O2S. The smallest absolute Gasteiger partial charge is 0.265 e. The highest BCUT2D eigenvalue weighted by molar-refractivity contribution is 9.10. The van der Waals surface area contributed by atoms with E-state index in [1.807, 2.05) is 51.1 Å². The lowest BCUT2D eigenvalue weighted by Crippen LogP contribution is -2.20. The zero-order chi connectivity index (χ0) is 18.9. The lowest BCUT2D eigenvalue weighted by molar-refractivity contribution is 0.543. The maximum atomic E-state index is 13.0. The molecule has 0 saturated heterocycles. The summed E-state index contributed by atoms with van der Waals surface area (Å²) in [7, 11) is -3.78. The summed E-state index contributed by atoms with van der Waals surface area (Å²) in [6, 6.07) is 16.5. The van der Waals surface area contributed by atoms with Crippen LogP contribution in [-0.2, 0) is 15.4 Å². The second-order valence-electron chi connectivity index (χ2n) is 6.98. The van der Waals surface area contributed by atoms with Crippen LogP contribution in [0.3, 0.4) is 0 Å². The molecule has 0 unspecified atom stereocenters. The summed E-state index contributed by atoms with van der Waals surface area (Å²) in [6.45, 7) is 5.84. The standard InChI is InChI=1S/C19H20BrN3O2S/c1-19(2,3)18-17(13-23(21-18)16-7-5-4-6-8-16)26(24,25)22-15-11-9-14(20)10-12-15/h4-13,22H,1-3H3. The van der Waals surface area contributed by atoms with Gasteiger partial charge in [-0.1, -0.05) is 54.9 Å². The van der Waals surface area contributed by atoms with Crippen LogP contribution >= 0.6 is 15.9 Å².